The fourth-order valence-corrected chi connectivity index (χ4v) is 2.30. The zero-order valence-electron chi connectivity index (χ0n) is 10.0. The molecule has 2 unspecified atom stereocenters. The zero-order valence-corrected chi connectivity index (χ0v) is 10.0. The first-order chi connectivity index (χ1) is 8.65. The van der Waals surface area contributed by atoms with Gasteiger partial charge in [0, 0.05) is 18.4 Å². The van der Waals surface area contributed by atoms with Crippen molar-refractivity contribution in [1.29, 1.82) is 0 Å². The molecule has 2 atom stereocenters. The molecule has 1 aromatic heterocycles. The van der Waals surface area contributed by atoms with Crippen LogP contribution < -0.4 is 5.32 Å². The number of pyridine rings is 1. The van der Waals surface area contributed by atoms with Crippen molar-refractivity contribution in [1.82, 2.24) is 10.3 Å². The summed E-state index contributed by atoms with van der Waals surface area (Å²) in [6, 6.07) is 3.63. The molecule has 0 aliphatic heterocycles. The van der Waals surface area contributed by atoms with Crippen molar-refractivity contribution in [3.8, 4) is 0 Å². The third kappa shape index (κ3) is 3.29. The predicted octanol–water partition coefficient (Wildman–Crippen LogP) is 0.994. The highest BCUT2D eigenvalue weighted by molar-refractivity contribution is 5.79. The van der Waals surface area contributed by atoms with Crippen LogP contribution in [0.2, 0.25) is 0 Å². The number of carbonyl (C=O) groups excluding carboxylic acids is 1. The van der Waals surface area contributed by atoms with Gasteiger partial charge in [-0.05, 0) is 30.9 Å². The molecule has 5 nitrogen and oxygen atoms in total. The van der Waals surface area contributed by atoms with E-state index in [1.54, 1.807) is 18.5 Å². The largest absolute Gasteiger partial charge is 0.481 e. The first kappa shape index (κ1) is 12.5. The molecule has 1 aliphatic carbocycles. The summed E-state index contributed by atoms with van der Waals surface area (Å²) in [5.74, 6) is -1.15. The average Bonchev–Trinajstić information content (AvgIpc) is 2.78. The number of carbonyl (C=O) groups is 2. The standard InChI is InChI=1S/C13H16N2O3/c16-12(6-9-2-1-5-14-8-9)15-11-4-3-10(7-11)13(17)18/h1-2,5,8,10-11H,3-4,6-7H2,(H,15,16)(H,17,18). The maximum Gasteiger partial charge on any atom is 0.306 e. The summed E-state index contributed by atoms with van der Waals surface area (Å²) in [6.45, 7) is 0. The van der Waals surface area contributed by atoms with Gasteiger partial charge in [0.15, 0.2) is 0 Å². The lowest BCUT2D eigenvalue weighted by atomic mass is 10.1. The van der Waals surface area contributed by atoms with Gasteiger partial charge in [0.2, 0.25) is 5.91 Å². The Balaban J connectivity index is 1.80. The number of nitrogens with zero attached hydrogens (tertiary/aromatic N) is 1. The number of amides is 1. The topological polar surface area (TPSA) is 79.3 Å². The van der Waals surface area contributed by atoms with Crippen LogP contribution in [0.4, 0.5) is 0 Å². The molecule has 96 valence electrons. The number of rotatable bonds is 4. The molecule has 1 heterocycles. The van der Waals surface area contributed by atoms with Crippen LogP contribution in [0, 0.1) is 5.92 Å². The van der Waals surface area contributed by atoms with Crippen LogP contribution >= 0.6 is 0 Å². The van der Waals surface area contributed by atoms with Crippen LogP contribution in [0.25, 0.3) is 0 Å². The molecule has 0 bridgehead atoms. The van der Waals surface area contributed by atoms with Crippen LogP contribution in [0.15, 0.2) is 24.5 Å². The van der Waals surface area contributed by atoms with E-state index >= 15 is 0 Å². The Morgan fingerprint density at radius 3 is 2.89 bits per heavy atom. The van der Waals surface area contributed by atoms with Crippen molar-refractivity contribution in [2.45, 2.75) is 31.7 Å². The third-order valence-electron chi connectivity index (χ3n) is 3.23. The van der Waals surface area contributed by atoms with Gasteiger partial charge < -0.3 is 10.4 Å². The van der Waals surface area contributed by atoms with E-state index in [4.69, 9.17) is 5.11 Å². The normalized spacial score (nSPS) is 22.7. The number of aromatic nitrogens is 1. The Morgan fingerprint density at radius 2 is 2.28 bits per heavy atom. The third-order valence-corrected chi connectivity index (χ3v) is 3.23. The SMILES string of the molecule is O=C(Cc1cccnc1)NC1CCC(C(=O)O)C1. The van der Waals surface area contributed by atoms with Crippen LogP contribution in [-0.4, -0.2) is 28.0 Å². The predicted molar refractivity (Wildman–Crippen MR) is 64.8 cm³/mol. The van der Waals surface area contributed by atoms with Crippen LogP contribution in [0.5, 0.6) is 0 Å². The molecule has 2 rings (SSSR count). The molecule has 0 spiro atoms. The molecule has 0 radical (unpaired) electrons. The Kier molecular flexibility index (Phi) is 3.92. The van der Waals surface area contributed by atoms with Crippen LogP contribution in [0.3, 0.4) is 0 Å². The summed E-state index contributed by atoms with van der Waals surface area (Å²) in [5.41, 5.74) is 0.864. The second-order valence-corrected chi connectivity index (χ2v) is 4.65. The minimum absolute atomic E-state index is 0.00438. The minimum Gasteiger partial charge on any atom is -0.481 e. The fraction of sp³-hybridized carbons (Fsp3) is 0.462. The summed E-state index contributed by atoms with van der Waals surface area (Å²) in [6.07, 6.45) is 5.54. The van der Waals surface area contributed by atoms with E-state index in [0.29, 0.717) is 19.3 Å². The molecule has 1 aliphatic rings. The van der Waals surface area contributed by atoms with E-state index < -0.39 is 5.97 Å². The number of hydrogen-bond acceptors (Lipinski definition) is 3. The van der Waals surface area contributed by atoms with Crippen molar-refractivity contribution >= 4 is 11.9 Å². The summed E-state index contributed by atoms with van der Waals surface area (Å²) >= 11 is 0. The second-order valence-electron chi connectivity index (χ2n) is 4.65. The Hall–Kier alpha value is -1.91. The van der Waals surface area contributed by atoms with E-state index in [1.807, 2.05) is 6.07 Å². The molecular weight excluding hydrogens is 232 g/mol. The summed E-state index contributed by atoms with van der Waals surface area (Å²) in [4.78, 5) is 26.5. The number of carboxylic acids is 1. The molecule has 0 aromatic carbocycles. The molecule has 5 heteroatoms. The van der Waals surface area contributed by atoms with Gasteiger partial charge in [-0.1, -0.05) is 6.07 Å². The number of carboxylic acid groups (broad SMARTS) is 1. The Morgan fingerprint density at radius 1 is 1.44 bits per heavy atom. The molecule has 18 heavy (non-hydrogen) atoms. The van der Waals surface area contributed by atoms with Crippen molar-refractivity contribution < 1.29 is 14.7 Å². The van der Waals surface area contributed by atoms with Crippen molar-refractivity contribution in [3.05, 3.63) is 30.1 Å². The van der Waals surface area contributed by atoms with Gasteiger partial charge in [-0.25, -0.2) is 0 Å². The second kappa shape index (κ2) is 5.62. The Bertz CT molecular complexity index is 433. The molecule has 2 N–H and O–H groups in total. The number of nitrogens with one attached hydrogen (secondary N) is 1. The minimum atomic E-state index is -0.765. The maximum atomic E-state index is 11.8. The maximum absolute atomic E-state index is 11.8. The summed E-state index contributed by atoms with van der Waals surface area (Å²) < 4.78 is 0. The summed E-state index contributed by atoms with van der Waals surface area (Å²) in [5, 5.41) is 11.8. The fourth-order valence-electron chi connectivity index (χ4n) is 2.30. The average molecular weight is 248 g/mol. The highest BCUT2D eigenvalue weighted by Gasteiger charge is 2.30. The molecular formula is C13H16N2O3. The smallest absolute Gasteiger partial charge is 0.306 e. The zero-order chi connectivity index (χ0) is 13.0. The molecule has 1 saturated carbocycles. The van der Waals surface area contributed by atoms with Crippen LogP contribution in [0.1, 0.15) is 24.8 Å². The van der Waals surface area contributed by atoms with Gasteiger partial charge in [0.05, 0.1) is 12.3 Å². The van der Waals surface area contributed by atoms with Crippen molar-refractivity contribution in [3.63, 3.8) is 0 Å². The summed E-state index contributed by atoms with van der Waals surface area (Å²) in [7, 11) is 0. The van der Waals surface area contributed by atoms with E-state index in [0.717, 1.165) is 12.0 Å². The van der Waals surface area contributed by atoms with Gasteiger partial charge in [-0.3, -0.25) is 14.6 Å². The molecule has 1 fully saturated rings. The lowest BCUT2D eigenvalue weighted by molar-refractivity contribution is -0.141. The van der Waals surface area contributed by atoms with Crippen molar-refractivity contribution in [2.75, 3.05) is 0 Å². The van der Waals surface area contributed by atoms with Crippen molar-refractivity contribution in [2.24, 2.45) is 5.92 Å². The monoisotopic (exact) mass is 248 g/mol. The molecule has 1 amide bonds. The molecule has 1 aromatic rings. The van der Waals surface area contributed by atoms with E-state index in [9.17, 15) is 9.59 Å². The van der Waals surface area contributed by atoms with Gasteiger partial charge >= 0.3 is 5.97 Å². The first-order valence-electron chi connectivity index (χ1n) is 6.06. The number of aliphatic carboxylic acids is 1. The van der Waals surface area contributed by atoms with Gasteiger partial charge in [-0.2, -0.15) is 0 Å². The van der Waals surface area contributed by atoms with Crippen LogP contribution in [-0.2, 0) is 16.0 Å². The quantitative estimate of drug-likeness (QED) is 0.833. The lowest BCUT2D eigenvalue weighted by Crippen LogP contribution is -2.34. The number of hydrogen-bond donors (Lipinski definition) is 2. The lowest BCUT2D eigenvalue weighted by Gasteiger charge is -2.12. The van der Waals surface area contributed by atoms with Gasteiger partial charge in [-0.15, -0.1) is 0 Å². The highest BCUT2D eigenvalue weighted by atomic mass is 16.4. The Labute approximate surface area is 105 Å². The van der Waals surface area contributed by atoms with Gasteiger partial charge in [0.1, 0.15) is 0 Å². The van der Waals surface area contributed by atoms with Gasteiger partial charge in [0.25, 0.3) is 0 Å². The van der Waals surface area contributed by atoms with E-state index in [2.05, 4.69) is 10.3 Å². The van der Waals surface area contributed by atoms with E-state index in [-0.39, 0.29) is 17.9 Å². The first-order valence-corrected chi connectivity index (χ1v) is 6.06. The highest BCUT2D eigenvalue weighted by Crippen LogP contribution is 2.25. The van der Waals surface area contributed by atoms with E-state index in [1.165, 1.54) is 0 Å². The molecule has 0 saturated heterocycles.